The molecule has 3 amide bonds. The number of hydroxylamine groups is 1. The van der Waals surface area contributed by atoms with E-state index in [1.807, 2.05) is 0 Å². The molecule has 10 heteroatoms. The van der Waals surface area contributed by atoms with Crippen LogP contribution in [-0.2, 0) is 19.2 Å². The van der Waals surface area contributed by atoms with E-state index in [1.165, 1.54) is 0 Å². The highest BCUT2D eigenvalue weighted by Gasteiger charge is 2.21. The summed E-state index contributed by atoms with van der Waals surface area (Å²) in [7, 11) is 0. The lowest BCUT2D eigenvalue weighted by atomic mass is 10.1. The van der Waals surface area contributed by atoms with Gasteiger partial charge in [0.2, 0.25) is 17.7 Å². The average Bonchev–Trinajstić information content (AvgIpc) is 2.87. The van der Waals surface area contributed by atoms with E-state index in [1.54, 1.807) is 60.1 Å². The second-order valence-corrected chi connectivity index (χ2v) is 8.23. The van der Waals surface area contributed by atoms with Gasteiger partial charge >= 0.3 is 5.97 Å². The highest BCUT2D eigenvalue weighted by molar-refractivity contribution is 5.90. The Hall–Kier alpha value is -3.92. The highest BCUT2D eigenvalue weighted by Crippen LogP contribution is 2.19. The summed E-state index contributed by atoms with van der Waals surface area (Å²) in [5, 5.41) is 23.2. The Bertz CT molecular complexity index is 998. The van der Waals surface area contributed by atoms with E-state index >= 15 is 0 Å². The zero-order chi connectivity index (χ0) is 26.2. The van der Waals surface area contributed by atoms with Crippen molar-refractivity contribution < 1.29 is 34.2 Å². The van der Waals surface area contributed by atoms with Gasteiger partial charge < -0.3 is 20.5 Å². The lowest BCUT2D eigenvalue weighted by molar-refractivity contribution is -0.142. The van der Waals surface area contributed by atoms with Gasteiger partial charge in [-0.15, -0.1) is 0 Å². The van der Waals surface area contributed by atoms with Crippen molar-refractivity contribution in [2.45, 2.75) is 57.4 Å². The third-order valence-electron chi connectivity index (χ3n) is 5.30. The van der Waals surface area contributed by atoms with Crippen LogP contribution in [0.1, 0.15) is 63.0 Å². The fourth-order valence-corrected chi connectivity index (χ4v) is 3.46. The van der Waals surface area contributed by atoms with Crippen molar-refractivity contribution in [2.24, 2.45) is 0 Å². The van der Waals surface area contributed by atoms with Crippen LogP contribution >= 0.6 is 0 Å². The summed E-state index contributed by atoms with van der Waals surface area (Å²) < 4.78 is 5.67. The molecule has 1 atom stereocenters. The summed E-state index contributed by atoms with van der Waals surface area (Å²) in [6, 6.07) is 14.3. The molecule has 0 radical (unpaired) electrons. The molecule has 0 saturated carbocycles. The van der Waals surface area contributed by atoms with Crippen LogP contribution in [0.4, 0.5) is 5.69 Å². The molecule has 5 N–H and O–H groups in total. The van der Waals surface area contributed by atoms with E-state index in [-0.39, 0.29) is 31.3 Å². The molecule has 2 aromatic rings. The number of rotatable bonds is 16. The minimum absolute atomic E-state index is 0.109. The molecule has 10 nitrogen and oxygen atoms in total. The van der Waals surface area contributed by atoms with Gasteiger partial charge in [-0.25, -0.2) is 10.3 Å². The normalized spacial score (nSPS) is 11.2. The number of benzene rings is 2. The van der Waals surface area contributed by atoms with E-state index in [2.05, 4.69) is 10.6 Å². The molecule has 0 fully saturated rings. The Morgan fingerprint density at radius 2 is 1.44 bits per heavy atom. The first kappa shape index (κ1) is 28.3. The maximum Gasteiger partial charge on any atom is 0.330 e. The van der Waals surface area contributed by atoms with Crippen LogP contribution in [0.3, 0.4) is 0 Å². The van der Waals surface area contributed by atoms with Gasteiger partial charge in [0.25, 0.3) is 0 Å². The van der Waals surface area contributed by atoms with E-state index < -0.39 is 17.9 Å². The van der Waals surface area contributed by atoms with Crippen LogP contribution < -0.4 is 20.9 Å². The van der Waals surface area contributed by atoms with E-state index in [4.69, 9.17) is 9.94 Å². The summed E-state index contributed by atoms with van der Waals surface area (Å²) >= 11 is 0. The average molecular weight is 500 g/mol. The molecule has 0 aliphatic carbocycles. The minimum Gasteiger partial charge on any atom is -0.494 e. The molecule has 36 heavy (non-hydrogen) atoms. The first-order valence-electron chi connectivity index (χ1n) is 11.9. The number of anilines is 1. The Balaban J connectivity index is 1.66. The molecule has 0 saturated heterocycles. The van der Waals surface area contributed by atoms with Gasteiger partial charge in [-0.1, -0.05) is 49.2 Å². The number of carbonyl (C=O) groups is 4. The molecular weight excluding hydrogens is 466 g/mol. The quantitative estimate of drug-likeness (QED) is 0.134. The second kappa shape index (κ2) is 15.9. The van der Waals surface area contributed by atoms with Crippen molar-refractivity contribution in [3.8, 4) is 5.75 Å². The van der Waals surface area contributed by atoms with Gasteiger partial charge in [0.05, 0.1) is 6.61 Å². The number of carboxylic acid groups (broad SMARTS) is 1. The molecule has 0 aliphatic heterocycles. The third kappa shape index (κ3) is 11.0. The van der Waals surface area contributed by atoms with Crippen molar-refractivity contribution in [3.63, 3.8) is 0 Å². The van der Waals surface area contributed by atoms with Gasteiger partial charge in [-0.3, -0.25) is 19.6 Å². The van der Waals surface area contributed by atoms with Crippen molar-refractivity contribution in [1.82, 2.24) is 10.8 Å². The van der Waals surface area contributed by atoms with Gasteiger partial charge in [0, 0.05) is 31.0 Å². The van der Waals surface area contributed by atoms with Gasteiger partial charge in [-0.05, 0) is 37.0 Å². The number of hydrogen-bond acceptors (Lipinski definition) is 6. The number of carboxylic acids is 1. The smallest absolute Gasteiger partial charge is 0.330 e. The van der Waals surface area contributed by atoms with Gasteiger partial charge in [0.1, 0.15) is 5.75 Å². The number of ether oxygens (including phenoxy) is 1. The van der Waals surface area contributed by atoms with E-state index in [0.29, 0.717) is 42.7 Å². The third-order valence-corrected chi connectivity index (χ3v) is 5.30. The fraction of sp³-hybridized carbons (Fsp3) is 0.385. The van der Waals surface area contributed by atoms with Gasteiger partial charge in [-0.2, -0.15) is 0 Å². The minimum atomic E-state index is -1.13. The predicted octanol–water partition coefficient (Wildman–Crippen LogP) is 3.57. The van der Waals surface area contributed by atoms with E-state index in [0.717, 1.165) is 12.8 Å². The van der Waals surface area contributed by atoms with Crippen LogP contribution in [0.25, 0.3) is 0 Å². The maximum atomic E-state index is 12.2. The summed E-state index contributed by atoms with van der Waals surface area (Å²) in [4.78, 5) is 46.8. The molecule has 0 heterocycles. The van der Waals surface area contributed by atoms with Crippen LogP contribution in [0.15, 0.2) is 54.6 Å². The van der Waals surface area contributed by atoms with Crippen molar-refractivity contribution in [1.29, 1.82) is 0 Å². The summed E-state index contributed by atoms with van der Waals surface area (Å²) in [5.74, 6) is -1.50. The zero-order valence-corrected chi connectivity index (χ0v) is 20.1. The monoisotopic (exact) mass is 499 g/mol. The Labute approximate surface area is 210 Å². The second-order valence-electron chi connectivity index (χ2n) is 8.23. The highest BCUT2D eigenvalue weighted by atomic mass is 16.5. The van der Waals surface area contributed by atoms with Crippen LogP contribution in [-0.4, -0.2) is 40.6 Å². The topological polar surface area (TPSA) is 154 Å². The maximum absolute atomic E-state index is 12.2. The lowest BCUT2D eigenvalue weighted by Crippen LogP contribution is -2.33. The standard InChI is InChI=1S/C26H33N3O7/c30-22(14-6-1-2-7-15-24(32)29-35)27-20-12-8-13-21(18-20)36-17-9-16-23(31)28-25(26(33)34)19-10-4-3-5-11-19/h3-5,8,10-13,18,25,35H,1-2,6-7,9,14-17H2,(H,27,30)(H,28,31)(H,29,32)(H,33,34)/t25-/m0/s1. The largest absolute Gasteiger partial charge is 0.494 e. The van der Waals surface area contributed by atoms with Crippen LogP contribution in [0.2, 0.25) is 0 Å². The molecule has 0 unspecified atom stereocenters. The molecule has 194 valence electrons. The first-order valence-corrected chi connectivity index (χ1v) is 11.9. The van der Waals surface area contributed by atoms with Crippen molar-refractivity contribution >= 4 is 29.4 Å². The molecule has 2 rings (SSSR count). The molecular formula is C26H33N3O7. The number of unbranched alkanes of at least 4 members (excludes halogenated alkanes) is 3. The van der Waals surface area contributed by atoms with E-state index in [9.17, 15) is 24.3 Å². The fourth-order valence-electron chi connectivity index (χ4n) is 3.46. The first-order chi connectivity index (χ1) is 17.4. The molecule has 0 aliphatic rings. The summed E-state index contributed by atoms with van der Waals surface area (Å²) in [5.41, 5.74) is 2.69. The summed E-state index contributed by atoms with van der Waals surface area (Å²) in [6.07, 6.45) is 4.07. The summed E-state index contributed by atoms with van der Waals surface area (Å²) in [6.45, 7) is 0.252. The molecule has 0 spiro atoms. The van der Waals surface area contributed by atoms with Crippen molar-refractivity contribution in [3.05, 3.63) is 60.2 Å². The lowest BCUT2D eigenvalue weighted by Gasteiger charge is -2.15. The predicted molar refractivity (Wildman–Crippen MR) is 132 cm³/mol. The molecule has 0 bridgehead atoms. The Morgan fingerprint density at radius 3 is 2.11 bits per heavy atom. The van der Waals surface area contributed by atoms with Gasteiger partial charge in [0.15, 0.2) is 6.04 Å². The number of hydrogen-bond donors (Lipinski definition) is 5. The zero-order valence-electron chi connectivity index (χ0n) is 20.1. The Kier molecular flexibility index (Phi) is 12.5. The van der Waals surface area contributed by atoms with Crippen LogP contribution in [0, 0.1) is 0 Å². The molecule has 0 aromatic heterocycles. The molecule has 2 aromatic carbocycles. The number of nitrogens with one attached hydrogen (secondary N) is 3. The number of amides is 3. The Morgan fingerprint density at radius 1 is 0.778 bits per heavy atom. The number of carbonyl (C=O) groups excluding carboxylic acids is 3. The number of aliphatic carboxylic acids is 1. The SMILES string of the molecule is O=C(CCCCCCC(=O)Nc1cccc(OCCCC(=O)N[C@H](C(=O)O)c2ccccc2)c1)NO. The van der Waals surface area contributed by atoms with Crippen LogP contribution in [0.5, 0.6) is 5.75 Å². The van der Waals surface area contributed by atoms with Crippen molar-refractivity contribution in [2.75, 3.05) is 11.9 Å².